The summed E-state index contributed by atoms with van der Waals surface area (Å²) in [6.45, 7) is 0. The van der Waals surface area contributed by atoms with Crippen LogP contribution in [0.4, 0.5) is 18.9 Å². The fraction of sp³-hybridized carbons (Fsp3) is 0.250. The van der Waals surface area contributed by atoms with Gasteiger partial charge in [0.25, 0.3) is 0 Å². The minimum absolute atomic E-state index is 0.351. The van der Waals surface area contributed by atoms with Crippen LogP contribution >= 0.6 is 0 Å². The summed E-state index contributed by atoms with van der Waals surface area (Å²) in [6.07, 6.45) is -4.26. The number of halogens is 3. The normalized spacial score (nSPS) is 30.4. The van der Waals surface area contributed by atoms with E-state index >= 15 is 0 Å². The van der Waals surface area contributed by atoms with Crippen LogP contribution in [0.1, 0.15) is 17.0 Å². The summed E-state index contributed by atoms with van der Waals surface area (Å²) >= 11 is 0. The molecule has 1 aliphatic heterocycles. The lowest BCUT2D eigenvalue weighted by atomic mass is 9.88. The van der Waals surface area contributed by atoms with Crippen molar-refractivity contribution in [2.45, 2.75) is 23.6 Å². The number of hydrogen-bond donors (Lipinski definition) is 1. The first-order valence-electron chi connectivity index (χ1n) is 6.54. The third-order valence-corrected chi connectivity index (χ3v) is 4.53. The summed E-state index contributed by atoms with van der Waals surface area (Å²) in [5.41, 5.74) is 0.185. The molecule has 0 spiro atoms. The lowest BCUT2D eigenvalue weighted by Gasteiger charge is -2.25. The van der Waals surface area contributed by atoms with E-state index in [0.29, 0.717) is 5.56 Å². The third-order valence-electron chi connectivity index (χ3n) is 4.53. The molecule has 102 valence electrons. The monoisotopic (exact) mass is 275 g/mol. The lowest BCUT2D eigenvalue weighted by molar-refractivity contribution is -0.163. The number of anilines is 1. The second-order valence-electron chi connectivity index (χ2n) is 5.42. The molecule has 1 saturated carbocycles. The Kier molecular flexibility index (Phi) is 2.11. The Bertz CT molecular complexity index is 665. The smallest absolute Gasteiger partial charge is 0.380 e. The van der Waals surface area contributed by atoms with Gasteiger partial charge >= 0.3 is 6.18 Å². The van der Waals surface area contributed by atoms with Gasteiger partial charge in [0.15, 0.2) is 0 Å². The zero-order valence-corrected chi connectivity index (χ0v) is 10.5. The fourth-order valence-corrected chi connectivity index (χ4v) is 3.67. The number of rotatable bonds is 1. The molecule has 1 fully saturated rings. The van der Waals surface area contributed by atoms with Crippen LogP contribution in [0.15, 0.2) is 54.6 Å². The van der Waals surface area contributed by atoms with Crippen molar-refractivity contribution in [3.8, 4) is 0 Å². The Morgan fingerprint density at radius 1 is 0.900 bits per heavy atom. The van der Waals surface area contributed by atoms with E-state index in [1.54, 1.807) is 42.5 Å². The molecule has 0 bridgehead atoms. The maximum absolute atomic E-state index is 13.8. The summed E-state index contributed by atoms with van der Waals surface area (Å²) in [5.74, 6) is -0.513. The van der Waals surface area contributed by atoms with Crippen LogP contribution < -0.4 is 5.32 Å². The molecule has 0 radical (unpaired) electrons. The van der Waals surface area contributed by atoms with E-state index in [0.717, 1.165) is 11.3 Å². The number of alkyl halides is 3. The first-order valence-corrected chi connectivity index (χ1v) is 6.54. The molecular weight excluding hydrogens is 263 g/mol. The van der Waals surface area contributed by atoms with E-state index in [-0.39, 0.29) is 0 Å². The first kappa shape index (κ1) is 11.8. The standard InChI is InChI=1S/C16H12F3N/c17-16(18,19)15(10-6-2-1-3-7-10)13-11-8-4-5-9-12(11)20-14(13)15/h1-9,13-14,20H/t13-,14+,15+/m1/s1. The average Bonchev–Trinajstić information content (AvgIpc) is 2.96. The van der Waals surface area contributed by atoms with Crippen molar-refractivity contribution >= 4 is 5.69 Å². The van der Waals surface area contributed by atoms with Gasteiger partial charge in [-0.25, -0.2) is 0 Å². The van der Waals surface area contributed by atoms with Gasteiger partial charge in [0.05, 0.1) is 6.04 Å². The summed E-state index contributed by atoms with van der Waals surface area (Å²) in [4.78, 5) is 0. The van der Waals surface area contributed by atoms with Gasteiger partial charge in [-0.15, -0.1) is 0 Å². The molecule has 0 unspecified atom stereocenters. The van der Waals surface area contributed by atoms with Crippen LogP contribution in [0.25, 0.3) is 0 Å². The topological polar surface area (TPSA) is 12.0 Å². The van der Waals surface area contributed by atoms with Crippen molar-refractivity contribution in [2.24, 2.45) is 0 Å². The van der Waals surface area contributed by atoms with Gasteiger partial charge in [0, 0.05) is 11.6 Å². The number of nitrogens with one attached hydrogen (secondary N) is 1. The maximum atomic E-state index is 13.8. The molecular formula is C16H12F3N. The van der Waals surface area contributed by atoms with E-state index in [4.69, 9.17) is 0 Å². The van der Waals surface area contributed by atoms with Crippen LogP contribution in [0.3, 0.4) is 0 Å². The number of para-hydroxylation sites is 1. The second-order valence-corrected chi connectivity index (χ2v) is 5.42. The summed E-state index contributed by atoms with van der Waals surface area (Å²) in [5, 5.41) is 3.05. The van der Waals surface area contributed by atoms with E-state index in [9.17, 15) is 13.2 Å². The van der Waals surface area contributed by atoms with Crippen LogP contribution in [0.5, 0.6) is 0 Å². The van der Waals surface area contributed by atoms with Crippen LogP contribution in [-0.4, -0.2) is 12.2 Å². The van der Waals surface area contributed by atoms with Crippen LogP contribution in [0, 0.1) is 0 Å². The van der Waals surface area contributed by atoms with Gasteiger partial charge in [0.1, 0.15) is 5.41 Å². The fourth-order valence-electron chi connectivity index (χ4n) is 3.67. The molecule has 1 heterocycles. The highest BCUT2D eigenvalue weighted by Gasteiger charge is 2.81. The van der Waals surface area contributed by atoms with Crippen molar-refractivity contribution in [1.82, 2.24) is 0 Å². The molecule has 4 heteroatoms. The molecule has 2 aromatic rings. The number of hydrogen-bond acceptors (Lipinski definition) is 1. The Balaban J connectivity index is 1.88. The molecule has 2 aromatic carbocycles. The van der Waals surface area contributed by atoms with Crippen molar-refractivity contribution in [3.05, 3.63) is 65.7 Å². The van der Waals surface area contributed by atoms with Crippen LogP contribution in [0.2, 0.25) is 0 Å². The van der Waals surface area contributed by atoms with Gasteiger partial charge in [-0.05, 0) is 17.2 Å². The highest BCUT2D eigenvalue weighted by molar-refractivity contribution is 5.71. The molecule has 3 atom stereocenters. The van der Waals surface area contributed by atoms with Crippen molar-refractivity contribution in [1.29, 1.82) is 0 Å². The molecule has 4 rings (SSSR count). The van der Waals surface area contributed by atoms with Gasteiger partial charge in [-0.1, -0.05) is 48.5 Å². The molecule has 0 aromatic heterocycles. The van der Waals surface area contributed by atoms with E-state index < -0.39 is 23.6 Å². The number of benzene rings is 2. The Morgan fingerprint density at radius 3 is 2.25 bits per heavy atom. The third kappa shape index (κ3) is 1.24. The first-order chi connectivity index (χ1) is 9.57. The van der Waals surface area contributed by atoms with Gasteiger partial charge in [-0.2, -0.15) is 13.2 Å². The maximum Gasteiger partial charge on any atom is 0.401 e. The average molecular weight is 275 g/mol. The summed E-state index contributed by atoms with van der Waals surface area (Å²) in [6, 6.07) is 14.9. The van der Waals surface area contributed by atoms with E-state index in [1.807, 2.05) is 12.1 Å². The molecule has 1 nitrogen and oxygen atoms in total. The lowest BCUT2D eigenvalue weighted by Crippen LogP contribution is -2.36. The van der Waals surface area contributed by atoms with Gasteiger partial charge in [0.2, 0.25) is 0 Å². The van der Waals surface area contributed by atoms with Crippen molar-refractivity contribution in [2.75, 3.05) is 5.32 Å². The summed E-state index contributed by atoms with van der Waals surface area (Å²) in [7, 11) is 0. The summed E-state index contributed by atoms with van der Waals surface area (Å²) < 4.78 is 41.3. The van der Waals surface area contributed by atoms with Crippen molar-refractivity contribution in [3.63, 3.8) is 0 Å². The zero-order valence-electron chi connectivity index (χ0n) is 10.5. The molecule has 0 amide bonds. The molecule has 20 heavy (non-hydrogen) atoms. The van der Waals surface area contributed by atoms with Gasteiger partial charge in [-0.3, -0.25) is 0 Å². The quantitative estimate of drug-likeness (QED) is 0.827. The van der Waals surface area contributed by atoms with E-state index in [2.05, 4.69) is 5.32 Å². The Hall–Kier alpha value is -1.97. The Labute approximate surface area is 114 Å². The molecule has 0 saturated heterocycles. The largest absolute Gasteiger partial charge is 0.401 e. The highest BCUT2D eigenvalue weighted by atomic mass is 19.4. The molecule has 2 aliphatic rings. The minimum atomic E-state index is -4.26. The number of fused-ring (bicyclic) bond motifs is 3. The van der Waals surface area contributed by atoms with Crippen LogP contribution in [-0.2, 0) is 5.41 Å². The molecule has 1 N–H and O–H groups in total. The molecule has 1 aliphatic carbocycles. The Morgan fingerprint density at radius 2 is 1.55 bits per heavy atom. The van der Waals surface area contributed by atoms with Gasteiger partial charge < -0.3 is 5.32 Å². The van der Waals surface area contributed by atoms with E-state index in [1.165, 1.54) is 0 Å². The second kappa shape index (κ2) is 3.57. The predicted octanol–water partition coefficient (Wildman–Crippen LogP) is 4.08. The zero-order chi connectivity index (χ0) is 14.0. The minimum Gasteiger partial charge on any atom is -0.380 e. The predicted molar refractivity (Wildman–Crippen MR) is 70.8 cm³/mol. The SMILES string of the molecule is FC(F)(F)[C@@]1(c2ccccc2)[C@@H]2c3ccccc3N[C@@H]21. The highest BCUT2D eigenvalue weighted by Crippen LogP contribution is 2.72. The van der Waals surface area contributed by atoms with Crippen molar-refractivity contribution < 1.29 is 13.2 Å².